The highest BCUT2D eigenvalue weighted by Crippen LogP contribution is 2.31. The van der Waals surface area contributed by atoms with Crippen molar-refractivity contribution in [2.75, 3.05) is 0 Å². The van der Waals surface area contributed by atoms with Gasteiger partial charge >= 0.3 is 0 Å². The van der Waals surface area contributed by atoms with E-state index in [1.807, 2.05) is 19.3 Å². The number of aromatic nitrogens is 2. The number of hydrogen-bond donors (Lipinski definition) is 1. The molecule has 18 heavy (non-hydrogen) atoms. The van der Waals surface area contributed by atoms with Crippen molar-refractivity contribution in [3.05, 3.63) is 50.7 Å². The van der Waals surface area contributed by atoms with Gasteiger partial charge in [-0.1, -0.05) is 34.8 Å². The molecule has 1 N–H and O–H groups in total. The second-order valence-corrected chi connectivity index (χ2v) is 5.10. The summed E-state index contributed by atoms with van der Waals surface area (Å²) in [6, 6.07) is 5.39. The first-order chi connectivity index (χ1) is 8.58. The fourth-order valence-electron chi connectivity index (χ4n) is 1.60. The van der Waals surface area contributed by atoms with Crippen molar-refractivity contribution >= 4 is 34.8 Å². The Hall–Kier alpha value is -0.740. The van der Waals surface area contributed by atoms with E-state index in [4.69, 9.17) is 34.8 Å². The lowest BCUT2D eigenvalue weighted by Crippen LogP contribution is -2.14. The zero-order chi connectivity index (χ0) is 13.1. The smallest absolute Gasteiger partial charge is 0.0762 e. The van der Waals surface area contributed by atoms with E-state index in [0.717, 1.165) is 11.3 Å². The number of aryl methyl sites for hydroxylation is 1. The van der Waals surface area contributed by atoms with Crippen molar-refractivity contribution in [2.45, 2.75) is 13.1 Å². The summed E-state index contributed by atoms with van der Waals surface area (Å²) in [6.45, 7) is 1.20. The van der Waals surface area contributed by atoms with Crippen molar-refractivity contribution in [3.8, 4) is 0 Å². The summed E-state index contributed by atoms with van der Waals surface area (Å²) < 4.78 is 1.76. The lowest BCUT2D eigenvalue weighted by atomic mass is 10.2. The van der Waals surface area contributed by atoms with Gasteiger partial charge in [-0.25, -0.2) is 0 Å². The maximum atomic E-state index is 6.11. The Morgan fingerprint density at radius 3 is 2.50 bits per heavy atom. The zero-order valence-electron chi connectivity index (χ0n) is 9.75. The minimum absolute atomic E-state index is 0.498. The zero-order valence-corrected chi connectivity index (χ0v) is 12.0. The van der Waals surface area contributed by atoms with E-state index in [9.17, 15) is 0 Å². The molecule has 2 rings (SSSR count). The molecule has 0 unspecified atom stereocenters. The molecule has 2 aromatic rings. The predicted octanol–water partition coefficient (Wildman–Crippen LogP) is 3.67. The summed E-state index contributed by atoms with van der Waals surface area (Å²) in [5.74, 6) is 0. The SMILES string of the molecule is Cn1ccc(CNCc2c(Cl)ccc(Cl)c2Cl)n1. The summed E-state index contributed by atoms with van der Waals surface area (Å²) in [4.78, 5) is 0. The number of nitrogens with one attached hydrogen (secondary N) is 1. The molecule has 0 amide bonds. The van der Waals surface area contributed by atoms with Crippen LogP contribution < -0.4 is 5.32 Å². The van der Waals surface area contributed by atoms with Gasteiger partial charge in [0.25, 0.3) is 0 Å². The van der Waals surface area contributed by atoms with Gasteiger partial charge in [0.05, 0.1) is 15.7 Å². The highest BCUT2D eigenvalue weighted by Gasteiger charge is 2.09. The van der Waals surface area contributed by atoms with Crippen LogP contribution in [0.2, 0.25) is 15.1 Å². The normalized spacial score (nSPS) is 10.9. The minimum Gasteiger partial charge on any atom is -0.307 e. The van der Waals surface area contributed by atoms with Crippen molar-refractivity contribution in [2.24, 2.45) is 7.05 Å². The third-order valence-electron chi connectivity index (χ3n) is 2.52. The van der Waals surface area contributed by atoms with Gasteiger partial charge in [-0.15, -0.1) is 0 Å². The maximum Gasteiger partial charge on any atom is 0.0762 e. The van der Waals surface area contributed by atoms with Crippen LogP contribution in [0.15, 0.2) is 24.4 Å². The van der Waals surface area contributed by atoms with Crippen molar-refractivity contribution in [1.29, 1.82) is 0 Å². The lowest BCUT2D eigenvalue weighted by Gasteiger charge is -2.09. The second kappa shape index (κ2) is 5.93. The quantitative estimate of drug-likeness (QED) is 0.874. The molecular weight excluding hydrogens is 293 g/mol. The van der Waals surface area contributed by atoms with Gasteiger partial charge in [0.15, 0.2) is 0 Å². The first-order valence-electron chi connectivity index (χ1n) is 5.39. The second-order valence-electron chi connectivity index (χ2n) is 3.91. The van der Waals surface area contributed by atoms with E-state index in [2.05, 4.69) is 10.4 Å². The standard InChI is InChI=1S/C12H12Cl3N3/c1-18-5-4-8(17-18)6-16-7-9-10(13)2-3-11(14)12(9)15/h2-5,16H,6-7H2,1H3. The van der Waals surface area contributed by atoms with Crippen LogP contribution in [0.3, 0.4) is 0 Å². The van der Waals surface area contributed by atoms with E-state index in [-0.39, 0.29) is 0 Å². The number of nitrogens with zero attached hydrogens (tertiary/aromatic N) is 2. The van der Waals surface area contributed by atoms with E-state index in [1.165, 1.54) is 0 Å². The van der Waals surface area contributed by atoms with Gasteiger partial charge < -0.3 is 5.32 Å². The largest absolute Gasteiger partial charge is 0.307 e. The number of hydrogen-bond acceptors (Lipinski definition) is 2. The van der Waals surface area contributed by atoms with Crippen molar-refractivity contribution in [3.63, 3.8) is 0 Å². The summed E-state index contributed by atoms with van der Waals surface area (Å²) in [5.41, 5.74) is 1.77. The molecule has 0 aliphatic rings. The van der Waals surface area contributed by atoms with Gasteiger partial charge in [0, 0.05) is 36.9 Å². The molecule has 6 heteroatoms. The van der Waals surface area contributed by atoms with Crippen LogP contribution in [0.5, 0.6) is 0 Å². The van der Waals surface area contributed by atoms with Crippen LogP contribution in [0, 0.1) is 0 Å². The van der Waals surface area contributed by atoms with Gasteiger partial charge in [0.2, 0.25) is 0 Å². The Morgan fingerprint density at radius 2 is 1.83 bits per heavy atom. The Morgan fingerprint density at radius 1 is 1.11 bits per heavy atom. The van der Waals surface area contributed by atoms with Crippen molar-refractivity contribution < 1.29 is 0 Å². The van der Waals surface area contributed by atoms with E-state index in [1.54, 1.807) is 16.8 Å². The molecule has 0 spiro atoms. The average molecular weight is 305 g/mol. The lowest BCUT2D eigenvalue weighted by molar-refractivity contribution is 0.656. The highest BCUT2D eigenvalue weighted by atomic mass is 35.5. The van der Waals surface area contributed by atoms with Crippen LogP contribution in [0.1, 0.15) is 11.3 Å². The Kier molecular flexibility index (Phi) is 4.51. The van der Waals surface area contributed by atoms with Crippen LogP contribution in [-0.4, -0.2) is 9.78 Å². The number of halogens is 3. The Labute approximate surface area is 121 Å². The molecule has 0 fully saturated rings. The molecule has 0 saturated carbocycles. The van der Waals surface area contributed by atoms with Gasteiger partial charge in [0.1, 0.15) is 0 Å². The fourth-order valence-corrected chi connectivity index (χ4v) is 2.29. The molecule has 1 aromatic carbocycles. The molecule has 96 valence electrons. The molecule has 1 heterocycles. The molecule has 0 atom stereocenters. The predicted molar refractivity (Wildman–Crippen MR) is 75.2 cm³/mol. The number of rotatable bonds is 4. The number of benzene rings is 1. The topological polar surface area (TPSA) is 29.9 Å². The molecule has 0 aliphatic carbocycles. The molecular formula is C12H12Cl3N3. The minimum atomic E-state index is 0.498. The summed E-state index contributed by atoms with van der Waals surface area (Å²) >= 11 is 18.1. The maximum absolute atomic E-state index is 6.11. The third kappa shape index (κ3) is 3.18. The van der Waals surface area contributed by atoms with E-state index in [0.29, 0.717) is 28.2 Å². The van der Waals surface area contributed by atoms with Gasteiger partial charge in [-0.2, -0.15) is 5.10 Å². The average Bonchev–Trinajstić information content (AvgIpc) is 2.74. The molecule has 0 saturated heterocycles. The molecule has 3 nitrogen and oxygen atoms in total. The third-order valence-corrected chi connectivity index (χ3v) is 3.71. The Bertz CT molecular complexity index is 551. The van der Waals surface area contributed by atoms with Crippen LogP contribution in [-0.2, 0) is 20.1 Å². The van der Waals surface area contributed by atoms with Crippen molar-refractivity contribution in [1.82, 2.24) is 15.1 Å². The van der Waals surface area contributed by atoms with E-state index < -0.39 is 0 Å². The van der Waals surface area contributed by atoms with Gasteiger partial charge in [-0.05, 0) is 18.2 Å². The first-order valence-corrected chi connectivity index (χ1v) is 6.53. The fraction of sp³-hybridized carbons (Fsp3) is 0.250. The first kappa shape index (κ1) is 13.7. The molecule has 1 aromatic heterocycles. The molecule has 0 radical (unpaired) electrons. The molecule has 0 aliphatic heterocycles. The van der Waals surface area contributed by atoms with E-state index >= 15 is 0 Å². The molecule has 0 bridgehead atoms. The van der Waals surface area contributed by atoms with Crippen LogP contribution in [0.4, 0.5) is 0 Å². The van der Waals surface area contributed by atoms with Crippen LogP contribution >= 0.6 is 34.8 Å². The highest BCUT2D eigenvalue weighted by molar-refractivity contribution is 6.44. The summed E-state index contributed by atoms with van der Waals surface area (Å²) in [5, 5.41) is 9.12. The summed E-state index contributed by atoms with van der Waals surface area (Å²) in [6.07, 6.45) is 1.90. The monoisotopic (exact) mass is 303 g/mol. The van der Waals surface area contributed by atoms with Gasteiger partial charge in [-0.3, -0.25) is 4.68 Å². The Balaban J connectivity index is 2.00. The van der Waals surface area contributed by atoms with Crippen LogP contribution in [0.25, 0.3) is 0 Å². The summed E-state index contributed by atoms with van der Waals surface area (Å²) in [7, 11) is 1.88.